The molecule has 0 bridgehead atoms. The number of fused-ring (bicyclic) bond motifs is 1. The van der Waals surface area contributed by atoms with Gasteiger partial charge in [-0.15, -0.1) is 0 Å². The molecule has 3 heteroatoms. The van der Waals surface area contributed by atoms with Crippen molar-refractivity contribution in [3.05, 3.63) is 73.1 Å². The lowest BCUT2D eigenvalue weighted by molar-refractivity contribution is 0.589. The summed E-state index contributed by atoms with van der Waals surface area (Å²) in [5, 5.41) is 1.04. The third-order valence-corrected chi connectivity index (χ3v) is 3.44. The number of para-hydroxylation sites is 1. The van der Waals surface area contributed by atoms with Gasteiger partial charge in [0, 0.05) is 22.7 Å². The van der Waals surface area contributed by atoms with E-state index in [1.54, 1.807) is 12.4 Å². The predicted molar refractivity (Wildman–Crippen MR) is 82.7 cm³/mol. The van der Waals surface area contributed by atoms with E-state index in [-0.39, 0.29) is 0 Å². The van der Waals surface area contributed by atoms with E-state index in [0.717, 1.165) is 27.8 Å². The average Bonchev–Trinajstić information content (AvgIpc) is 3.05. The number of rotatable bonds is 2. The SMILES string of the molecule is c1ccc(-c2cnc(-c3ccnc4ccccc34)o2)cc1. The Morgan fingerprint density at radius 3 is 2.48 bits per heavy atom. The van der Waals surface area contributed by atoms with Crippen molar-refractivity contribution in [2.24, 2.45) is 0 Å². The third kappa shape index (κ3) is 2.09. The number of hydrogen-bond acceptors (Lipinski definition) is 3. The Morgan fingerprint density at radius 1 is 0.762 bits per heavy atom. The molecular formula is C18H12N2O. The lowest BCUT2D eigenvalue weighted by Gasteiger charge is -2.01. The highest BCUT2D eigenvalue weighted by atomic mass is 16.4. The molecule has 0 atom stereocenters. The van der Waals surface area contributed by atoms with Crippen molar-refractivity contribution in [1.82, 2.24) is 9.97 Å². The Morgan fingerprint density at radius 2 is 1.57 bits per heavy atom. The first-order valence-electron chi connectivity index (χ1n) is 6.77. The zero-order valence-electron chi connectivity index (χ0n) is 11.2. The lowest BCUT2D eigenvalue weighted by Crippen LogP contribution is -1.83. The Hall–Kier alpha value is -2.94. The number of pyridine rings is 1. The maximum Gasteiger partial charge on any atom is 0.227 e. The van der Waals surface area contributed by atoms with Crippen LogP contribution < -0.4 is 0 Å². The van der Waals surface area contributed by atoms with Crippen molar-refractivity contribution < 1.29 is 4.42 Å². The zero-order chi connectivity index (χ0) is 14.1. The third-order valence-electron chi connectivity index (χ3n) is 3.44. The minimum Gasteiger partial charge on any atom is -0.436 e. The van der Waals surface area contributed by atoms with Gasteiger partial charge >= 0.3 is 0 Å². The summed E-state index contributed by atoms with van der Waals surface area (Å²) < 4.78 is 5.92. The molecule has 0 aliphatic heterocycles. The van der Waals surface area contributed by atoms with Crippen molar-refractivity contribution in [3.8, 4) is 22.8 Å². The summed E-state index contributed by atoms with van der Waals surface area (Å²) in [4.78, 5) is 8.78. The van der Waals surface area contributed by atoms with Crippen LogP contribution in [0.3, 0.4) is 0 Å². The van der Waals surface area contributed by atoms with Crippen molar-refractivity contribution in [2.75, 3.05) is 0 Å². The molecule has 0 saturated carbocycles. The molecule has 0 amide bonds. The van der Waals surface area contributed by atoms with Crippen molar-refractivity contribution in [3.63, 3.8) is 0 Å². The van der Waals surface area contributed by atoms with Gasteiger partial charge in [0.1, 0.15) is 0 Å². The average molecular weight is 272 g/mol. The molecular weight excluding hydrogens is 260 g/mol. The number of aromatic nitrogens is 2. The molecule has 0 unspecified atom stereocenters. The fraction of sp³-hybridized carbons (Fsp3) is 0. The Bertz CT molecular complexity index is 892. The van der Waals surface area contributed by atoms with Crippen LogP contribution in [0.4, 0.5) is 0 Å². The van der Waals surface area contributed by atoms with Gasteiger partial charge in [0.05, 0.1) is 11.7 Å². The van der Waals surface area contributed by atoms with E-state index in [2.05, 4.69) is 9.97 Å². The minimum atomic E-state index is 0.618. The normalized spacial score (nSPS) is 10.9. The van der Waals surface area contributed by atoms with Crippen LogP contribution in [0.15, 0.2) is 77.5 Å². The molecule has 0 radical (unpaired) electrons. The summed E-state index contributed by atoms with van der Waals surface area (Å²) in [6.45, 7) is 0. The second-order valence-electron chi connectivity index (χ2n) is 4.77. The summed E-state index contributed by atoms with van der Waals surface area (Å²) in [7, 11) is 0. The molecule has 21 heavy (non-hydrogen) atoms. The summed E-state index contributed by atoms with van der Waals surface area (Å²) in [5.41, 5.74) is 2.92. The molecule has 4 rings (SSSR count). The van der Waals surface area contributed by atoms with Gasteiger partial charge in [-0.3, -0.25) is 4.98 Å². The van der Waals surface area contributed by atoms with Crippen LogP contribution >= 0.6 is 0 Å². The summed E-state index contributed by atoms with van der Waals surface area (Å²) in [6, 6.07) is 19.9. The van der Waals surface area contributed by atoms with Crippen LogP contribution in [-0.4, -0.2) is 9.97 Å². The smallest absolute Gasteiger partial charge is 0.227 e. The highest BCUT2D eigenvalue weighted by Gasteiger charge is 2.11. The predicted octanol–water partition coefficient (Wildman–Crippen LogP) is 4.56. The largest absolute Gasteiger partial charge is 0.436 e. The summed E-state index contributed by atoms with van der Waals surface area (Å²) in [5.74, 6) is 1.39. The van der Waals surface area contributed by atoms with E-state index in [9.17, 15) is 0 Å². The molecule has 0 aliphatic carbocycles. The van der Waals surface area contributed by atoms with E-state index in [4.69, 9.17) is 4.42 Å². The van der Waals surface area contributed by atoms with Crippen molar-refractivity contribution in [1.29, 1.82) is 0 Å². The van der Waals surface area contributed by atoms with E-state index in [1.807, 2.05) is 60.7 Å². The fourth-order valence-corrected chi connectivity index (χ4v) is 2.42. The van der Waals surface area contributed by atoms with Gasteiger partial charge in [-0.2, -0.15) is 0 Å². The number of hydrogen-bond donors (Lipinski definition) is 0. The Kier molecular flexibility index (Phi) is 2.75. The summed E-state index contributed by atoms with van der Waals surface area (Å²) >= 11 is 0. The van der Waals surface area contributed by atoms with E-state index in [1.165, 1.54) is 0 Å². The van der Waals surface area contributed by atoms with Crippen LogP contribution in [0.1, 0.15) is 0 Å². The van der Waals surface area contributed by atoms with Gasteiger partial charge in [-0.1, -0.05) is 48.5 Å². The topological polar surface area (TPSA) is 38.9 Å². The molecule has 0 spiro atoms. The van der Waals surface area contributed by atoms with Gasteiger partial charge in [-0.05, 0) is 12.1 Å². The van der Waals surface area contributed by atoms with Gasteiger partial charge < -0.3 is 4.42 Å². The Labute approximate surface area is 121 Å². The van der Waals surface area contributed by atoms with E-state index < -0.39 is 0 Å². The Balaban J connectivity index is 1.85. The first-order chi connectivity index (χ1) is 10.4. The number of benzene rings is 2. The van der Waals surface area contributed by atoms with Crippen molar-refractivity contribution >= 4 is 10.9 Å². The zero-order valence-corrected chi connectivity index (χ0v) is 11.2. The molecule has 0 N–H and O–H groups in total. The molecule has 0 saturated heterocycles. The maximum atomic E-state index is 5.92. The van der Waals surface area contributed by atoms with Gasteiger partial charge in [0.25, 0.3) is 0 Å². The molecule has 4 aromatic rings. The summed E-state index contributed by atoms with van der Waals surface area (Å²) in [6.07, 6.45) is 3.55. The molecule has 100 valence electrons. The van der Waals surface area contributed by atoms with Crippen LogP contribution in [-0.2, 0) is 0 Å². The van der Waals surface area contributed by atoms with Crippen LogP contribution in [0.2, 0.25) is 0 Å². The molecule has 3 nitrogen and oxygen atoms in total. The lowest BCUT2D eigenvalue weighted by atomic mass is 10.1. The first kappa shape index (κ1) is 11.9. The van der Waals surface area contributed by atoms with Crippen molar-refractivity contribution in [2.45, 2.75) is 0 Å². The highest BCUT2D eigenvalue weighted by molar-refractivity contribution is 5.92. The van der Waals surface area contributed by atoms with Gasteiger partial charge in [0.15, 0.2) is 5.76 Å². The maximum absolute atomic E-state index is 5.92. The second kappa shape index (κ2) is 4.87. The van der Waals surface area contributed by atoms with Crippen LogP contribution in [0.5, 0.6) is 0 Å². The van der Waals surface area contributed by atoms with Gasteiger partial charge in [0.2, 0.25) is 5.89 Å². The molecule has 2 aromatic heterocycles. The molecule has 0 aliphatic rings. The fourth-order valence-electron chi connectivity index (χ4n) is 2.42. The van der Waals surface area contributed by atoms with E-state index in [0.29, 0.717) is 5.89 Å². The standard InChI is InChI=1S/C18H12N2O/c1-2-6-13(7-3-1)17-12-20-18(21-17)15-10-11-19-16-9-5-4-8-14(15)16/h1-12H. The van der Waals surface area contributed by atoms with E-state index >= 15 is 0 Å². The molecule has 2 heterocycles. The quantitative estimate of drug-likeness (QED) is 0.537. The number of nitrogens with zero attached hydrogens (tertiary/aromatic N) is 2. The van der Waals surface area contributed by atoms with Crippen LogP contribution in [0, 0.1) is 0 Å². The number of oxazole rings is 1. The minimum absolute atomic E-state index is 0.618. The second-order valence-corrected chi connectivity index (χ2v) is 4.77. The molecule has 0 fully saturated rings. The molecule has 2 aromatic carbocycles. The monoisotopic (exact) mass is 272 g/mol. The highest BCUT2D eigenvalue weighted by Crippen LogP contribution is 2.29. The van der Waals surface area contributed by atoms with Gasteiger partial charge in [-0.25, -0.2) is 4.98 Å². The van der Waals surface area contributed by atoms with Crippen LogP contribution in [0.25, 0.3) is 33.7 Å². The first-order valence-corrected chi connectivity index (χ1v) is 6.77.